The molecule has 0 saturated heterocycles. The summed E-state index contributed by atoms with van der Waals surface area (Å²) in [5, 5.41) is 5.96. The smallest absolute Gasteiger partial charge is 0.133 e. The molecule has 2 rings (SSSR count). The molecule has 2 aromatic rings. The lowest BCUT2D eigenvalue weighted by Gasteiger charge is -2.14. The van der Waals surface area contributed by atoms with Gasteiger partial charge in [0.1, 0.15) is 23.6 Å². The van der Waals surface area contributed by atoms with E-state index >= 15 is 0 Å². The van der Waals surface area contributed by atoms with Gasteiger partial charge in [-0.3, -0.25) is 4.90 Å². The van der Waals surface area contributed by atoms with E-state index in [-0.39, 0.29) is 0 Å². The van der Waals surface area contributed by atoms with Crippen LogP contribution in [0.25, 0.3) is 0 Å². The molecule has 0 amide bonds. The fourth-order valence-corrected chi connectivity index (χ4v) is 2.71. The number of nitrogen functional groups attached to an aromatic ring is 1. The summed E-state index contributed by atoms with van der Waals surface area (Å²) in [6, 6.07) is 9.14. The Kier molecular flexibility index (Phi) is 12.0. The molecule has 0 spiro atoms. The van der Waals surface area contributed by atoms with Crippen LogP contribution < -0.4 is 21.1 Å². The van der Waals surface area contributed by atoms with Crippen molar-refractivity contribution in [3.05, 3.63) is 36.5 Å². The first kappa shape index (κ1) is 25.2. The molecule has 0 aliphatic carbocycles. The number of nitrogens with one attached hydrogen (secondary N) is 2. The van der Waals surface area contributed by atoms with Gasteiger partial charge in [0.2, 0.25) is 0 Å². The van der Waals surface area contributed by atoms with Crippen molar-refractivity contribution < 1.29 is 9.53 Å². The van der Waals surface area contributed by atoms with Gasteiger partial charge in [0.15, 0.2) is 0 Å². The SMILES string of the molecule is CCC(C)CCCN(C)CC=O.CNc1cc(Oc2ccc(NC)c(N)c2)ccn1. The first-order valence-corrected chi connectivity index (χ1v) is 10.4. The van der Waals surface area contributed by atoms with E-state index in [1.165, 1.54) is 19.3 Å². The summed E-state index contributed by atoms with van der Waals surface area (Å²) in [4.78, 5) is 16.3. The lowest BCUT2D eigenvalue weighted by Crippen LogP contribution is -2.22. The van der Waals surface area contributed by atoms with E-state index in [0.29, 0.717) is 23.7 Å². The Morgan fingerprint density at radius 2 is 1.93 bits per heavy atom. The lowest BCUT2D eigenvalue weighted by molar-refractivity contribution is -0.108. The number of ether oxygens (including phenoxy) is 1. The van der Waals surface area contributed by atoms with E-state index < -0.39 is 0 Å². The van der Waals surface area contributed by atoms with Crippen molar-refractivity contribution in [1.29, 1.82) is 0 Å². The van der Waals surface area contributed by atoms with Gasteiger partial charge in [-0.05, 0) is 50.6 Å². The normalized spacial score (nSPS) is 11.3. The van der Waals surface area contributed by atoms with E-state index in [0.717, 1.165) is 30.3 Å². The van der Waals surface area contributed by atoms with Crippen LogP contribution >= 0.6 is 0 Å². The fraction of sp³-hybridized carbons (Fsp3) is 0.478. The van der Waals surface area contributed by atoms with Gasteiger partial charge in [0.25, 0.3) is 0 Å². The van der Waals surface area contributed by atoms with E-state index in [2.05, 4.69) is 34.4 Å². The zero-order valence-electron chi connectivity index (χ0n) is 18.9. The predicted octanol–water partition coefficient (Wildman–Crippen LogP) is 4.48. The Morgan fingerprint density at radius 3 is 2.53 bits per heavy atom. The van der Waals surface area contributed by atoms with Crippen LogP contribution in [0.2, 0.25) is 0 Å². The number of aromatic nitrogens is 1. The third-order valence-electron chi connectivity index (χ3n) is 4.84. The van der Waals surface area contributed by atoms with Crippen LogP contribution in [0.1, 0.15) is 33.1 Å². The van der Waals surface area contributed by atoms with Crippen molar-refractivity contribution in [3.8, 4) is 11.5 Å². The summed E-state index contributed by atoms with van der Waals surface area (Å²) < 4.78 is 5.71. The van der Waals surface area contributed by atoms with Gasteiger partial charge < -0.3 is 25.9 Å². The average molecular weight is 416 g/mol. The molecule has 166 valence electrons. The van der Waals surface area contributed by atoms with E-state index in [1.807, 2.05) is 39.3 Å². The molecule has 1 atom stereocenters. The number of anilines is 3. The predicted molar refractivity (Wildman–Crippen MR) is 127 cm³/mol. The van der Waals surface area contributed by atoms with Crippen LogP contribution in [-0.2, 0) is 4.79 Å². The maximum Gasteiger partial charge on any atom is 0.133 e. The van der Waals surface area contributed by atoms with Crippen LogP contribution in [0, 0.1) is 5.92 Å². The van der Waals surface area contributed by atoms with Crippen molar-refractivity contribution in [1.82, 2.24) is 9.88 Å². The first-order valence-electron chi connectivity index (χ1n) is 10.4. The van der Waals surface area contributed by atoms with Crippen LogP contribution in [0.15, 0.2) is 36.5 Å². The molecule has 0 fully saturated rings. The number of carbonyl (C=O) groups excluding carboxylic acids is 1. The first-order chi connectivity index (χ1) is 14.4. The molecule has 4 N–H and O–H groups in total. The van der Waals surface area contributed by atoms with Crippen molar-refractivity contribution in [3.63, 3.8) is 0 Å². The molecule has 0 saturated carbocycles. The van der Waals surface area contributed by atoms with Gasteiger partial charge in [-0.15, -0.1) is 0 Å². The molecule has 1 aromatic carbocycles. The van der Waals surface area contributed by atoms with Gasteiger partial charge in [0, 0.05) is 32.4 Å². The second kappa shape index (κ2) is 14.2. The highest BCUT2D eigenvalue weighted by molar-refractivity contribution is 5.68. The standard InChI is InChI=1S/C13H16N4O.C10H21NO/c1-15-12-4-3-9(7-11(12)14)18-10-5-6-17-13(8-10)16-2;1-4-10(2)6-5-7-11(3)8-9-12/h3-8,15H,14H2,1-2H3,(H,16,17);9-10H,4-8H2,1-3H3. The number of nitrogens with two attached hydrogens (primary N) is 1. The average Bonchev–Trinajstić information content (AvgIpc) is 2.74. The summed E-state index contributed by atoms with van der Waals surface area (Å²) >= 11 is 0. The third kappa shape index (κ3) is 9.60. The van der Waals surface area contributed by atoms with Crippen LogP contribution in [0.3, 0.4) is 0 Å². The minimum atomic E-state index is 0.570. The number of nitrogens with zero attached hydrogens (tertiary/aromatic N) is 2. The van der Waals surface area contributed by atoms with E-state index in [9.17, 15) is 4.79 Å². The van der Waals surface area contributed by atoms with E-state index in [4.69, 9.17) is 10.5 Å². The Hall–Kier alpha value is -2.80. The second-order valence-electron chi connectivity index (χ2n) is 7.31. The Morgan fingerprint density at radius 1 is 1.20 bits per heavy atom. The minimum Gasteiger partial charge on any atom is -0.457 e. The third-order valence-corrected chi connectivity index (χ3v) is 4.84. The Labute approximate surface area is 181 Å². The Bertz CT molecular complexity index is 754. The summed E-state index contributed by atoms with van der Waals surface area (Å²) in [5.41, 5.74) is 7.41. The van der Waals surface area contributed by atoms with Crippen molar-refractivity contribution in [2.45, 2.75) is 33.1 Å². The molecule has 0 bridgehead atoms. The molecule has 30 heavy (non-hydrogen) atoms. The van der Waals surface area contributed by atoms with Gasteiger partial charge in [0.05, 0.1) is 17.9 Å². The van der Waals surface area contributed by atoms with Gasteiger partial charge in [-0.2, -0.15) is 0 Å². The number of hydrogen-bond donors (Lipinski definition) is 3. The largest absolute Gasteiger partial charge is 0.457 e. The topological polar surface area (TPSA) is 92.5 Å². The number of benzene rings is 1. The molecule has 7 nitrogen and oxygen atoms in total. The highest BCUT2D eigenvalue weighted by Gasteiger charge is 2.03. The minimum absolute atomic E-state index is 0.570. The molecule has 1 unspecified atom stereocenters. The monoisotopic (exact) mass is 415 g/mol. The molecule has 0 aliphatic rings. The maximum absolute atomic E-state index is 10.1. The lowest BCUT2D eigenvalue weighted by atomic mass is 10.0. The van der Waals surface area contributed by atoms with E-state index in [1.54, 1.807) is 18.3 Å². The highest BCUT2D eigenvalue weighted by atomic mass is 16.5. The number of carbonyl (C=O) groups is 1. The molecule has 0 aliphatic heterocycles. The summed E-state index contributed by atoms with van der Waals surface area (Å²) in [6.07, 6.45) is 6.40. The fourth-order valence-electron chi connectivity index (χ4n) is 2.71. The number of likely N-dealkylation sites (N-methyl/N-ethyl adjacent to an activating group) is 1. The maximum atomic E-state index is 10.1. The zero-order chi connectivity index (χ0) is 22.4. The quantitative estimate of drug-likeness (QED) is 0.368. The van der Waals surface area contributed by atoms with Gasteiger partial charge >= 0.3 is 0 Å². The van der Waals surface area contributed by atoms with Crippen LogP contribution in [0.5, 0.6) is 11.5 Å². The molecule has 7 heteroatoms. The molecular weight excluding hydrogens is 378 g/mol. The molecule has 1 aromatic heterocycles. The van der Waals surface area contributed by atoms with Gasteiger partial charge in [-0.25, -0.2) is 4.98 Å². The van der Waals surface area contributed by atoms with Crippen LogP contribution in [0.4, 0.5) is 17.2 Å². The van der Waals surface area contributed by atoms with Crippen molar-refractivity contribution in [2.75, 3.05) is 50.6 Å². The van der Waals surface area contributed by atoms with Crippen molar-refractivity contribution >= 4 is 23.5 Å². The highest BCUT2D eigenvalue weighted by Crippen LogP contribution is 2.28. The number of hydrogen-bond acceptors (Lipinski definition) is 7. The van der Waals surface area contributed by atoms with Crippen LogP contribution in [-0.4, -0.2) is 50.4 Å². The number of pyridine rings is 1. The Balaban J connectivity index is 0.000000329. The second-order valence-corrected chi connectivity index (χ2v) is 7.31. The molecule has 1 heterocycles. The van der Waals surface area contributed by atoms with Gasteiger partial charge in [-0.1, -0.05) is 20.3 Å². The molecule has 0 radical (unpaired) electrons. The number of aldehydes is 1. The summed E-state index contributed by atoms with van der Waals surface area (Å²) in [6.45, 7) is 6.11. The molecular formula is C23H37N5O2. The van der Waals surface area contributed by atoms with Crippen molar-refractivity contribution in [2.24, 2.45) is 5.92 Å². The zero-order valence-corrected chi connectivity index (χ0v) is 18.9. The summed E-state index contributed by atoms with van der Waals surface area (Å²) in [7, 11) is 5.63. The number of rotatable bonds is 11. The summed E-state index contributed by atoms with van der Waals surface area (Å²) in [5.74, 6) is 2.99.